The van der Waals surface area contributed by atoms with Gasteiger partial charge in [-0.2, -0.15) is 0 Å². The van der Waals surface area contributed by atoms with Gasteiger partial charge in [0, 0.05) is 20.6 Å². The number of ether oxygens (including phenoxy) is 1. The Hall–Kier alpha value is -3.18. The molecule has 0 saturated carbocycles. The molecule has 178 valence electrons. The number of rotatable bonds is 9. The molecule has 1 amide bonds. The summed E-state index contributed by atoms with van der Waals surface area (Å²) >= 11 is 0. The van der Waals surface area contributed by atoms with Crippen molar-refractivity contribution in [1.82, 2.24) is 19.2 Å². The number of amides is 1. The van der Waals surface area contributed by atoms with E-state index in [9.17, 15) is 18.0 Å². The minimum Gasteiger partial charge on any atom is -0.459 e. The number of hydrogen-bond acceptors (Lipinski definition) is 7. The fourth-order valence-corrected chi connectivity index (χ4v) is 4.26. The zero-order valence-corrected chi connectivity index (χ0v) is 20.0. The molecule has 0 radical (unpaired) electrons. The van der Waals surface area contributed by atoms with Crippen molar-refractivity contribution in [3.8, 4) is 0 Å². The molecular weight excluding hydrogens is 448 g/mol. The number of nitrogens with one attached hydrogen (secondary N) is 1. The number of fused-ring (bicyclic) bond motifs is 1. The van der Waals surface area contributed by atoms with E-state index in [1.54, 1.807) is 26.0 Å². The summed E-state index contributed by atoms with van der Waals surface area (Å²) in [7, 11) is -0.678. The van der Waals surface area contributed by atoms with Crippen molar-refractivity contribution in [3.05, 3.63) is 48.2 Å². The van der Waals surface area contributed by atoms with E-state index in [4.69, 9.17) is 9.15 Å². The summed E-state index contributed by atoms with van der Waals surface area (Å²) in [4.78, 5) is 29.7. The van der Waals surface area contributed by atoms with Gasteiger partial charge < -0.3 is 19.0 Å². The number of furan rings is 1. The molecule has 11 heteroatoms. The number of hydrogen-bond donors (Lipinski definition) is 1. The van der Waals surface area contributed by atoms with Crippen LogP contribution in [-0.4, -0.2) is 54.3 Å². The molecule has 0 bridgehead atoms. The Labute approximate surface area is 192 Å². The van der Waals surface area contributed by atoms with Gasteiger partial charge in [0.1, 0.15) is 18.5 Å². The first-order chi connectivity index (χ1) is 15.6. The maximum Gasteiger partial charge on any atom is 0.329 e. The van der Waals surface area contributed by atoms with Crippen LogP contribution in [0.4, 0.5) is 0 Å². The monoisotopic (exact) mass is 476 g/mol. The zero-order chi connectivity index (χ0) is 24.3. The highest BCUT2D eigenvalue weighted by atomic mass is 32.2. The normalized spacial score (nSPS) is 12.9. The molecule has 0 aliphatic carbocycles. The molecule has 3 aromatic rings. The molecule has 3 rings (SSSR count). The molecule has 1 N–H and O–H groups in total. The van der Waals surface area contributed by atoms with Gasteiger partial charge in [0.05, 0.1) is 22.2 Å². The van der Waals surface area contributed by atoms with Gasteiger partial charge in [0.25, 0.3) is 5.91 Å². The Morgan fingerprint density at radius 2 is 1.97 bits per heavy atom. The number of nitrogens with zero attached hydrogens (tertiary/aromatic N) is 3. The second-order valence-electron chi connectivity index (χ2n) is 7.99. The smallest absolute Gasteiger partial charge is 0.329 e. The van der Waals surface area contributed by atoms with Crippen LogP contribution in [-0.2, 0) is 32.7 Å². The SMILES string of the molecule is CCn1c(COC(=O)C(NC(=O)c2ccco2)C(C)C)nc2cc(S(=O)(=O)N(C)C)ccc21. The van der Waals surface area contributed by atoms with Crippen molar-refractivity contribution < 1.29 is 27.2 Å². The molecule has 0 aliphatic rings. The maximum atomic E-state index is 12.7. The quantitative estimate of drug-likeness (QED) is 0.470. The van der Waals surface area contributed by atoms with Crippen LogP contribution in [0, 0.1) is 5.92 Å². The third-order valence-corrected chi connectivity index (χ3v) is 7.00. The number of sulfonamides is 1. The van der Waals surface area contributed by atoms with Gasteiger partial charge >= 0.3 is 5.97 Å². The Morgan fingerprint density at radius 1 is 1.24 bits per heavy atom. The van der Waals surface area contributed by atoms with Crippen LogP contribution in [0.1, 0.15) is 37.2 Å². The molecule has 33 heavy (non-hydrogen) atoms. The summed E-state index contributed by atoms with van der Waals surface area (Å²) in [6.07, 6.45) is 1.38. The van der Waals surface area contributed by atoms with Gasteiger partial charge in [-0.25, -0.2) is 22.5 Å². The molecule has 1 unspecified atom stereocenters. The Morgan fingerprint density at radius 3 is 2.55 bits per heavy atom. The number of aryl methyl sites for hydroxylation is 1. The Kier molecular flexibility index (Phi) is 7.23. The summed E-state index contributed by atoms with van der Waals surface area (Å²) < 4.78 is 38.4. The number of esters is 1. The van der Waals surface area contributed by atoms with Crippen LogP contribution < -0.4 is 5.32 Å². The van der Waals surface area contributed by atoms with Crippen molar-refractivity contribution in [2.75, 3.05) is 14.1 Å². The molecule has 0 saturated heterocycles. The van der Waals surface area contributed by atoms with E-state index in [-0.39, 0.29) is 23.2 Å². The number of benzene rings is 1. The second kappa shape index (κ2) is 9.75. The summed E-state index contributed by atoms with van der Waals surface area (Å²) in [6, 6.07) is 6.93. The lowest BCUT2D eigenvalue weighted by Crippen LogP contribution is -2.45. The highest BCUT2D eigenvalue weighted by molar-refractivity contribution is 7.89. The molecule has 2 heterocycles. The van der Waals surface area contributed by atoms with E-state index in [1.165, 1.54) is 38.6 Å². The van der Waals surface area contributed by atoms with E-state index in [0.29, 0.717) is 17.9 Å². The number of carbonyl (C=O) groups excluding carboxylic acids is 2. The van der Waals surface area contributed by atoms with Crippen molar-refractivity contribution in [1.29, 1.82) is 0 Å². The molecule has 10 nitrogen and oxygen atoms in total. The van der Waals surface area contributed by atoms with E-state index >= 15 is 0 Å². The standard InChI is InChI=1S/C22H28N4O6S/c1-6-26-17-10-9-15(33(29,30)25(4)5)12-16(17)23-19(26)13-32-22(28)20(14(2)3)24-21(27)18-8-7-11-31-18/h7-12,14,20H,6,13H2,1-5H3,(H,24,27). The molecule has 0 fully saturated rings. The second-order valence-corrected chi connectivity index (χ2v) is 10.1. The van der Waals surface area contributed by atoms with Crippen LogP contribution >= 0.6 is 0 Å². The first-order valence-corrected chi connectivity index (χ1v) is 11.9. The largest absolute Gasteiger partial charge is 0.459 e. The van der Waals surface area contributed by atoms with Crippen molar-refractivity contribution in [2.45, 2.75) is 44.9 Å². The fraction of sp³-hybridized carbons (Fsp3) is 0.409. The predicted octanol–water partition coefficient (Wildman–Crippen LogP) is 2.40. The molecular formula is C22H28N4O6S. The number of carbonyl (C=O) groups is 2. The highest BCUT2D eigenvalue weighted by Gasteiger charge is 2.28. The van der Waals surface area contributed by atoms with Gasteiger partial charge in [0.2, 0.25) is 10.0 Å². The molecule has 0 aliphatic heterocycles. The summed E-state index contributed by atoms with van der Waals surface area (Å²) in [6.45, 7) is 5.92. The minimum absolute atomic E-state index is 0.102. The maximum absolute atomic E-state index is 12.7. The first-order valence-electron chi connectivity index (χ1n) is 10.5. The van der Waals surface area contributed by atoms with Crippen LogP contribution in [0.2, 0.25) is 0 Å². The van der Waals surface area contributed by atoms with E-state index < -0.39 is 27.9 Å². The first kappa shape index (κ1) is 24.5. The third kappa shape index (κ3) is 5.09. The van der Waals surface area contributed by atoms with Crippen LogP contribution in [0.3, 0.4) is 0 Å². The van der Waals surface area contributed by atoms with E-state index in [2.05, 4.69) is 10.3 Å². The number of imidazole rings is 1. The van der Waals surface area contributed by atoms with Crippen LogP contribution in [0.5, 0.6) is 0 Å². The van der Waals surface area contributed by atoms with Gasteiger partial charge in [-0.1, -0.05) is 13.8 Å². The summed E-state index contributed by atoms with van der Waals surface area (Å²) in [5.74, 6) is -0.758. The molecule has 1 atom stereocenters. The minimum atomic E-state index is -3.60. The molecule has 1 aromatic carbocycles. The zero-order valence-electron chi connectivity index (χ0n) is 19.2. The van der Waals surface area contributed by atoms with Crippen LogP contribution in [0.15, 0.2) is 45.9 Å². The predicted molar refractivity (Wildman–Crippen MR) is 121 cm³/mol. The van der Waals surface area contributed by atoms with Crippen molar-refractivity contribution >= 4 is 32.9 Å². The lowest BCUT2D eigenvalue weighted by Gasteiger charge is -2.20. The Balaban J connectivity index is 1.80. The molecule has 2 aromatic heterocycles. The molecule has 0 spiro atoms. The third-order valence-electron chi connectivity index (χ3n) is 5.19. The van der Waals surface area contributed by atoms with E-state index in [0.717, 1.165) is 9.82 Å². The highest BCUT2D eigenvalue weighted by Crippen LogP contribution is 2.23. The Bertz CT molecular complexity index is 1250. The van der Waals surface area contributed by atoms with Gasteiger partial charge in [0.15, 0.2) is 5.76 Å². The topological polar surface area (TPSA) is 124 Å². The van der Waals surface area contributed by atoms with E-state index in [1.807, 2.05) is 11.5 Å². The summed E-state index contributed by atoms with van der Waals surface area (Å²) in [5.41, 5.74) is 1.21. The van der Waals surface area contributed by atoms with Crippen molar-refractivity contribution in [2.24, 2.45) is 5.92 Å². The van der Waals surface area contributed by atoms with Crippen molar-refractivity contribution in [3.63, 3.8) is 0 Å². The van der Waals surface area contributed by atoms with Crippen LogP contribution in [0.25, 0.3) is 11.0 Å². The van der Waals surface area contributed by atoms with Gasteiger partial charge in [-0.05, 0) is 43.2 Å². The lowest BCUT2D eigenvalue weighted by molar-refractivity contribution is -0.148. The fourth-order valence-electron chi connectivity index (χ4n) is 3.34. The summed E-state index contributed by atoms with van der Waals surface area (Å²) in [5, 5.41) is 2.64. The lowest BCUT2D eigenvalue weighted by atomic mass is 10.0. The van der Waals surface area contributed by atoms with Gasteiger partial charge in [-0.3, -0.25) is 4.79 Å². The number of aromatic nitrogens is 2. The van der Waals surface area contributed by atoms with Gasteiger partial charge in [-0.15, -0.1) is 0 Å². The average molecular weight is 477 g/mol. The average Bonchev–Trinajstić information content (AvgIpc) is 3.42.